The summed E-state index contributed by atoms with van der Waals surface area (Å²) in [6.45, 7) is 12.0. The molecule has 166 valence electrons. The minimum atomic E-state index is -0.726. The number of halogens is 1. The van der Waals surface area contributed by atoms with Gasteiger partial charge >= 0.3 is 0 Å². The molecular weight excluding hydrogens is 400 g/mol. The largest absolute Gasteiger partial charge is 0.369 e. The van der Waals surface area contributed by atoms with Crippen LogP contribution in [0.15, 0.2) is 24.3 Å². The van der Waals surface area contributed by atoms with Crippen LogP contribution in [0.25, 0.3) is 0 Å². The van der Waals surface area contributed by atoms with Gasteiger partial charge in [-0.3, -0.25) is 14.5 Å². The Bertz CT molecular complexity index is 748. The molecule has 2 aliphatic rings. The molecule has 0 aliphatic carbocycles. The van der Waals surface area contributed by atoms with Crippen LogP contribution < -0.4 is 10.2 Å². The first-order valence-corrected chi connectivity index (χ1v) is 11.5. The van der Waals surface area contributed by atoms with E-state index in [1.807, 2.05) is 25.1 Å². The van der Waals surface area contributed by atoms with Gasteiger partial charge in [0.25, 0.3) is 0 Å². The van der Waals surface area contributed by atoms with Crippen molar-refractivity contribution >= 4 is 29.1 Å². The Balaban J connectivity index is 1.50. The minimum absolute atomic E-state index is 0.0141. The first-order valence-electron chi connectivity index (χ1n) is 11.1. The van der Waals surface area contributed by atoms with Gasteiger partial charge in [-0.1, -0.05) is 31.5 Å². The number of benzene rings is 1. The monoisotopic (exact) mass is 434 g/mol. The minimum Gasteiger partial charge on any atom is -0.369 e. The summed E-state index contributed by atoms with van der Waals surface area (Å²) in [5.41, 5.74) is 0.430. The standard InChI is InChI=1S/C23H35ClN4O2/c1-18(2)8-10-25-22(30)23(3)9-7-21(29)28(23)16-13-26-11-14-27(15-12-26)20-6-4-5-19(24)17-20/h4-6,17-18H,7-16H2,1-3H3,(H,25,30)/t23-/m0/s1. The van der Waals surface area contributed by atoms with Crippen molar-refractivity contribution in [3.05, 3.63) is 29.3 Å². The number of hydrogen-bond donors (Lipinski definition) is 1. The fourth-order valence-corrected chi connectivity index (χ4v) is 4.50. The maximum absolute atomic E-state index is 12.8. The summed E-state index contributed by atoms with van der Waals surface area (Å²) in [6, 6.07) is 7.97. The molecular formula is C23H35ClN4O2. The normalized spacial score (nSPS) is 22.8. The molecule has 30 heavy (non-hydrogen) atoms. The van der Waals surface area contributed by atoms with E-state index < -0.39 is 5.54 Å². The molecule has 1 aromatic rings. The fourth-order valence-electron chi connectivity index (χ4n) is 4.31. The molecule has 2 aliphatic heterocycles. The third-order valence-electron chi connectivity index (χ3n) is 6.40. The lowest BCUT2D eigenvalue weighted by molar-refractivity contribution is -0.140. The molecule has 1 atom stereocenters. The zero-order valence-electron chi connectivity index (χ0n) is 18.5. The molecule has 2 amide bonds. The maximum Gasteiger partial charge on any atom is 0.245 e. The van der Waals surface area contributed by atoms with E-state index in [1.165, 1.54) is 0 Å². The Morgan fingerprint density at radius 1 is 1.20 bits per heavy atom. The van der Waals surface area contributed by atoms with Crippen LogP contribution in [-0.4, -0.2) is 73.0 Å². The highest BCUT2D eigenvalue weighted by molar-refractivity contribution is 6.30. The van der Waals surface area contributed by atoms with Gasteiger partial charge in [0.15, 0.2) is 0 Å². The smallest absolute Gasteiger partial charge is 0.245 e. The number of rotatable bonds is 8. The van der Waals surface area contributed by atoms with Crippen LogP contribution in [0.4, 0.5) is 5.69 Å². The summed E-state index contributed by atoms with van der Waals surface area (Å²) in [5.74, 6) is 0.624. The fraction of sp³-hybridized carbons (Fsp3) is 0.652. The summed E-state index contributed by atoms with van der Waals surface area (Å²) in [7, 11) is 0. The van der Waals surface area contributed by atoms with Gasteiger partial charge in [0, 0.05) is 62.9 Å². The highest BCUT2D eigenvalue weighted by Crippen LogP contribution is 2.30. The Hall–Kier alpha value is -1.79. The third-order valence-corrected chi connectivity index (χ3v) is 6.64. The predicted molar refractivity (Wildman–Crippen MR) is 122 cm³/mol. The second-order valence-electron chi connectivity index (χ2n) is 9.07. The van der Waals surface area contributed by atoms with Gasteiger partial charge < -0.3 is 15.1 Å². The van der Waals surface area contributed by atoms with Crippen molar-refractivity contribution in [2.45, 2.75) is 45.6 Å². The van der Waals surface area contributed by atoms with Gasteiger partial charge in [0.2, 0.25) is 11.8 Å². The number of anilines is 1. The van der Waals surface area contributed by atoms with E-state index >= 15 is 0 Å². The van der Waals surface area contributed by atoms with Crippen molar-refractivity contribution in [2.24, 2.45) is 5.92 Å². The first kappa shape index (κ1) is 22.9. The van der Waals surface area contributed by atoms with Crippen molar-refractivity contribution in [3.63, 3.8) is 0 Å². The topological polar surface area (TPSA) is 55.9 Å². The lowest BCUT2D eigenvalue weighted by Crippen LogP contribution is -2.57. The van der Waals surface area contributed by atoms with E-state index in [0.717, 1.165) is 49.9 Å². The maximum atomic E-state index is 12.8. The Morgan fingerprint density at radius 3 is 2.60 bits per heavy atom. The summed E-state index contributed by atoms with van der Waals surface area (Å²) < 4.78 is 0. The third kappa shape index (κ3) is 5.46. The van der Waals surface area contributed by atoms with Gasteiger partial charge in [-0.2, -0.15) is 0 Å². The van der Waals surface area contributed by atoms with Crippen molar-refractivity contribution in [1.29, 1.82) is 0 Å². The molecule has 1 aromatic carbocycles. The Morgan fingerprint density at radius 2 is 1.93 bits per heavy atom. The molecule has 2 heterocycles. The van der Waals surface area contributed by atoms with Crippen LogP contribution in [0.2, 0.25) is 5.02 Å². The molecule has 0 saturated carbocycles. The molecule has 3 rings (SSSR count). The molecule has 0 unspecified atom stereocenters. The van der Waals surface area contributed by atoms with Crippen LogP contribution in [-0.2, 0) is 9.59 Å². The number of carbonyl (C=O) groups excluding carboxylic acids is 2. The van der Waals surface area contributed by atoms with E-state index in [1.54, 1.807) is 4.90 Å². The van der Waals surface area contributed by atoms with E-state index in [0.29, 0.717) is 31.8 Å². The zero-order chi connectivity index (χ0) is 21.7. The molecule has 7 heteroatoms. The molecule has 0 aromatic heterocycles. The Labute approximate surface area is 185 Å². The number of carbonyl (C=O) groups is 2. The van der Waals surface area contributed by atoms with Gasteiger partial charge in [0.05, 0.1) is 0 Å². The Kier molecular flexibility index (Phi) is 7.64. The van der Waals surface area contributed by atoms with Gasteiger partial charge in [0.1, 0.15) is 5.54 Å². The summed E-state index contributed by atoms with van der Waals surface area (Å²) in [5, 5.41) is 3.81. The van der Waals surface area contributed by atoms with Crippen LogP contribution in [0, 0.1) is 5.92 Å². The van der Waals surface area contributed by atoms with Crippen molar-refractivity contribution in [1.82, 2.24) is 15.1 Å². The number of amides is 2. The van der Waals surface area contributed by atoms with Gasteiger partial charge in [-0.05, 0) is 43.9 Å². The quantitative estimate of drug-likeness (QED) is 0.683. The lowest BCUT2D eigenvalue weighted by atomic mass is 9.97. The van der Waals surface area contributed by atoms with Gasteiger partial charge in [-0.15, -0.1) is 0 Å². The van der Waals surface area contributed by atoms with Crippen LogP contribution in [0.5, 0.6) is 0 Å². The second-order valence-corrected chi connectivity index (χ2v) is 9.50. The molecule has 1 N–H and O–H groups in total. The number of nitrogens with one attached hydrogen (secondary N) is 1. The summed E-state index contributed by atoms with van der Waals surface area (Å²) in [4.78, 5) is 31.9. The second kappa shape index (κ2) is 10.0. The van der Waals surface area contributed by atoms with Crippen LogP contribution in [0.1, 0.15) is 40.0 Å². The van der Waals surface area contributed by atoms with Crippen LogP contribution >= 0.6 is 11.6 Å². The van der Waals surface area contributed by atoms with Crippen molar-refractivity contribution in [3.8, 4) is 0 Å². The summed E-state index contributed by atoms with van der Waals surface area (Å²) >= 11 is 6.12. The lowest BCUT2D eigenvalue weighted by Gasteiger charge is -2.39. The molecule has 2 saturated heterocycles. The number of nitrogens with zero attached hydrogens (tertiary/aromatic N) is 3. The van der Waals surface area contributed by atoms with E-state index in [-0.39, 0.29) is 11.8 Å². The van der Waals surface area contributed by atoms with E-state index in [2.05, 4.69) is 35.0 Å². The highest BCUT2D eigenvalue weighted by Gasteiger charge is 2.46. The van der Waals surface area contributed by atoms with Crippen molar-refractivity contribution < 1.29 is 9.59 Å². The number of piperazine rings is 1. The van der Waals surface area contributed by atoms with Crippen LogP contribution in [0.3, 0.4) is 0 Å². The SMILES string of the molecule is CC(C)CCNC(=O)[C@]1(C)CCC(=O)N1CCN1CCN(c2cccc(Cl)c2)CC1. The molecule has 0 spiro atoms. The first-order chi connectivity index (χ1) is 14.3. The zero-order valence-corrected chi connectivity index (χ0v) is 19.2. The van der Waals surface area contributed by atoms with E-state index in [9.17, 15) is 9.59 Å². The molecule has 2 fully saturated rings. The van der Waals surface area contributed by atoms with Crippen molar-refractivity contribution in [2.75, 3.05) is 50.7 Å². The highest BCUT2D eigenvalue weighted by atomic mass is 35.5. The average molecular weight is 435 g/mol. The number of likely N-dealkylation sites (tertiary alicyclic amines) is 1. The predicted octanol–water partition coefficient (Wildman–Crippen LogP) is 3.01. The summed E-state index contributed by atoms with van der Waals surface area (Å²) in [6.07, 6.45) is 2.01. The molecule has 0 radical (unpaired) electrons. The van der Waals surface area contributed by atoms with E-state index in [4.69, 9.17) is 11.6 Å². The number of hydrogen-bond acceptors (Lipinski definition) is 4. The molecule has 0 bridgehead atoms. The average Bonchev–Trinajstić information content (AvgIpc) is 3.01. The molecule has 6 nitrogen and oxygen atoms in total. The van der Waals surface area contributed by atoms with Gasteiger partial charge in [-0.25, -0.2) is 0 Å².